The summed E-state index contributed by atoms with van der Waals surface area (Å²) in [4.78, 5) is 14.5. The van der Waals surface area contributed by atoms with Crippen molar-refractivity contribution < 1.29 is 14.1 Å². The molecule has 1 aromatic rings. The molecular formula is C20H31BN2O3. The summed E-state index contributed by atoms with van der Waals surface area (Å²) in [5, 5.41) is 2.79. The Morgan fingerprint density at radius 1 is 1.19 bits per heavy atom. The molecule has 142 valence electrons. The zero-order chi connectivity index (χ0) is 19.2. The fourth-order valence-electron chi connectivity index (χ4n) is 3.75. The van der Waals surface area contributed by atoms with Crippen LogP contribution in [0.25, 0.3) is 0 Å². The fourth-order valence-corrected chi connectivity index (χ4v) is 3.75. The topological polar surface area (TPSA) is 50.8 Å². The summed E-state index contributed by atoms with van der Waals surface area (Å²) in [5.41, 5.74) is 1.31. The van der Waals surface area contributed by atoms with E-state index in [0.717, 1.165) is 31.5 Å². The van der Waals surface area contributed by atoms with Crippen LogP contribution in [0.3, 0.4) is 0 Å². The first-order valence-electron chi connectivity index (χ1n) is 9.45. The number of carbonyl (C=O) groups is 1. The second-order valence-electron chi connectivity index (χ2n) is 8.93. The molecular weight excluding hydrogens is 327 g/mol. The summed E-state index contributed by atoms with van der Waals surface area (Å²) in [6, 6.07) is 8.41. The largest absolute Gasteiger partial charge is 0.494 e. The molecule has 1 aromatic carbocycles. The van der Waals surface area contributed by atoms with Gasteiger partial charge in [-0.25, -0.2) is 0 Å². The maximum atomic E-state index is 12.1. The summed E-state index contributed by atoms with van der Waals surface area (Å²) in [5.74, 6) is 0.131. The fraction of sp³-hybridized carbons (Fsp3) is 0.650. The number of nitrogens with one attached hydrogen (secondary N) is 1. The van der Waals surface area contributed by atoms with Crippen molar-refractivity contribution >= 4 is 18.5 Å². The smallest absolute Gasteiger partial charge is 0.399 e. The van der Waals surface area contributed by atoms with Crippen LogP contribution in [-0.2, 0) is 20.6 Å². The van der Waals surface area contributed by atoms with Gasteiger partial charge in [-0.05, 0) is 58.6 Å². The van der Waals surface area contributed by atoms with Crippen LogP contribution >= 0.6 is 0 Å². The van der Waals surface area contributed by atoms with Crippen molar-refractivity contribution in [2.75, 3.05) is 20.1 Å². The molecule has 2 heterocycles. The minimum absolute atomic E-state index is 0.131. The van der Waals surface area contributed by atoms with Crippen LogP contribution in [0.2, 0.25) is 0 Å². The second-order valence-corrected chi connectivity index (χ2v) is 8.93. The average Bonchev–Trinajstić information content (AvgIpc) is 3.04. The lowest BCUT2D eigenvalue weighted by Gasteiger charge is -2.32. The first-order valence-corrected chi connectivity index (χ1v) is 9.45. The van der Waals surface area contributed by atoms with Gasteiger partial charge in [0.25, 0.3) is 0 Å². The van der Waals surface area contributed by atoms with Gasteiger partial charge in [0.1, 0.15) is 0 Å². The number of benzene rings is 1. The van der Waals surface area contributed by atoms with E-state index < -0.39 is 0 Å². The van der Waals surface area contributed by atoms with E-state index in [0.29, 0.717) is 0 Å². The van der Waals surface area contributed by atoms with Crippen molar-refractivity contribution in [1.82, 2.24) is 10.2 Å². The van der Waals surface area contributed by atoms with Crippen molar-refractivity contribution in [3.8, 4) is 0 Å². The molecule has 0 spiro atoms. The van der Waals surface area contributed by atoms with Gasteiger partial charge < -0.3 is 14.6 Å². The number of nitrogens with zero attached hydrogens (tertiary/aromatic N) is 1. The van der Waals surface area contributed by atoms with E-state index in [4.69, 9.17) is 9.31 Å². The van der Waals surface area contributed by atoms with E-state index in [2.05, 4.69) is 62.2 Å². The van der Waals surface area contributed by atoms with Gasteiger partial charge in [0.05, 0.1) is 16.6 Å². The van der Waals surface area contributed by atoms with Crippen LogP contribution in [0.4, 0.5) is 0 Å². The van der Waals surface area contributed by atoms with E-state index in [1.165, 1.54) is 5.56 Å². The van der Waals surface area contributed by atoms with Crippen molar-refractivity contribution in [3.63, 3.8) is 0 Å². The predicted octanol–water partition coefficient (Wildman–Crippen LogP) is 1.94. The second kappa shape index (κ2) is 6.66. The molecule has 2 aliphatic rings. The van der Waals surface area contributed by atoms with Gasteiger partial charge in [-0.15, -0.1) is 0 Å². The summed E-state index contributed by atoms with van der Waals surface area (Å²) >= 11 is 0. The Hall–Kier alpha value is -1.37. The molecule has 1 amide bonds. The third kappa shape index (κ3) is 3.55. The third-order valence-corrected chi connectivity index (χ3v) is 6.21. The molecule has 1 unspecified atom stereocenters. The highest BCUT2D eigenvalue weighted by Gasteiger charge is 2.51. The van der Waals surface area contributed by atoms with E-state index in [1.54, 1.807) is 7.05 Å². The molecule has 2 aliphatic heterocycles. The Bertz CT molecular complexity index is 675. The van der Waals surface area contributed by atoms with Crippen LogP contribution in [0.15, 0.2) is 24.3 Å². The van der Waals surface area contributed by atoms with Crippen LogP contribution in [-0.4, -0.2) is 49.3 Å². The van der Waals surface area contributed by atoms with Crippen molar-refractivity contribution in [1.29, 1.82) is 0 Å². The first kappa shape index (κ1) is 19.4. The van der Waals surface area contributed by atoms with Gasteiger partial charge in [0, 0.05) is 20.1 Å². The highest BCUT2D eigenvalue weighted by Crippen LogP contribution is 2.36. The van der Waals surface area contributed by atoms with Crippen molar-refractivity contribution in [2.45, 2.75) is 58.8 Å². The van der Waals surface area contributed by atoms with Gasteiger partial charge in [-0.2, -0.15) is 0 Å². The first-order chi connectivity index (χ1) is 12.1. The molecule has 3 rings (SSSR count). The van der Waals surface area contributed by atoms with Gasteiger partial charge >= 0.3 is 7.12 Å². The Morgan fingerprint density at radius 2 is 1.85 bits per heavy atom. The molecule has 0 aliphatic carbocycles. The molecule has 26 heavy (non-hydrogen) atoms. The van der Waals surface area contributed by atoms with E-state index >= 15 is 0 Å². The summed E-state index contributed by atoms with van der Waals surface area (Å²) < 4.78 is 12.3. The number of amides is 1. The van der Waals surface area contributed by atoms with Gasteiger partial charge in [0.2, 0.25) is 5.91 Å². The van der Waals surface area contributed by atoms with Crippen molar-refractivity contribution in [3.05, 3.63) is 29.8 Å². The maximum Gasteiger partial charge on any atom is 0.494 e. The highest BCUT2D eigenvalue weighted by molar-refractivity contribution is 6.62. The molecule has 0 aromatic heterocycles. The number of hydrogen-bond acceptors (Lipinski definition) is 4. The summed E-state index contributed by atoms with van der Waals surface area (Å²) in [6.45, 7) is 12.9. The van der Waals surface area contributed by atoms with Gasteiger partial charge in [-0.3, -0.25) is 9.69 Å². The van der Waals surface area contributed by atoms with E-state index in [-0.39, 0.29) is 29.6 Å². The van der Waals surface area contributed by atoms with Crippen molar-refractivity contribution in [2.24, 2.45) is 5.41 Å². The standard InChI is InChI=1S/C20H31BN2O3/c1-18(2)19(3,4)26-21(25-18)16-9-7-8-15(12-16)13-23-11-10-20(5,14-23)17(24)22-6/h7-9,12H,10-11,13-14H2,1-6H3,(H,22,24). The van der Waals surface area contributed by atoms with Crippen LogP contribution in [0.5, 0.6) is 0 Å². The molecule has 2 fully saturated rings. The maximum absolute atomic E-state index is 12.1. The zero-order valence-electron chi connectivity index (χ0n) is 16.9. The Morgan fingerprint density at radius 3 is 2.46 bits per heavy atom. The zero-order valence-corrected chi connectivity index (χ0v) is 16.9. The summed E-state index contributed by atoms with van der Waals surface area (Å²) in [6.07, 6.45) is 0.892. The number of hydrogen-bond donors (Lipinski definition) is 1. The third-order valence-electron chi connectivity index (χ3n) is 6.21. The number of likely N-dealkylation sites (tertiary alicyclic amines) is 1. The molecule has 0 bridgehead atoms. The summed E-state index contributed by atoms with van der Waals surface area (Å²) in [7, 11) is 1.37. The molecule has 5 nitrogen and oxygen atoms in total. The molecule has 1 N–H and O–H groups in total. The minimum atomic E-state index is -0.338. The molecule has 2 saturated heterocycles. The number of rotatable bonds is 4. The molecule has 0 radical (unpaired) electrons. The SMILES string of the molecule is CNC(=O)C1(C)CCN(Cc2cccc(B3OC(C)(C)C(C)(C)O3)c2)C1. The molecule has 1 atom stereocenters. The lowest BCUT2D eigenvalue weighted by atomic mass is 9.78. The lowest BCUT2D eigenvalue weighted by molar-refractivity contribution is -0.129. The van der Waals surface area contributed by atoms with Crippen LogP contribution in [0, 0.1) is 5.41 Å². The minimum Gasteiger partial charge on any atom is -0.399 e. The van der Waals surface area contributed by atoms with Gasteiger partial charge in [0.15, 0.2) is 0 Å². The Balaban J connectivity index is 1.69. The van der Waals surface area contributed by atoms with Crippen LogP contribution < -0.4 is 10.8 Å². The van der Waals surface area contributed by atoms with E-state index in [9.17, 15) is 4.79 Å². The average molecular weight is 358 g/mol. The Labute approximate surface area is 157 Å². The molecule has 6 heteroatoms. The van der Waals surface area contributed by atoms with Gasteiger partial charge in [-0.1, -0.05) is 24.3 Å². The predicted molar refractivity (Wildman–Crippen MR) is 104 cm³/mol. The molecule has 0 saturated carbocycles. The monoisotopic (exact) mass is 358 g/mol. The quantitative estimate of drug-likeness (QED) is 0.836. The Kier molecular flexibility index (Phi) is 4.97. The lowest BCUT2D eigenvalue weighted by Crippen LogP contribution is -2.41. The normalized spacial score (nSPS) is 27.7. The van der Waals surface area contributed by atoms with E-state index in [1.807, 2.05) is 6.92 Å². The number of carbonyl (C=O) groups excluding carboxylic acids is 1. The van der Waals surface area contributed by atoms with Crippen LogP contribution in [0.1, 0.15) is 46.6 Å². The highest BCUT2D eigenvalue weighted by atomic mass is 16.7.